The van der Waals surface area contributed by atoms with Gasteiger partial charge in [0.05, 0.1) is 11.7 Å². The van der Waals surface area contributed by atoms with E-state index in [0.717, 1.165) is 30.2 Å². The number of hydrogen-bond donors (Lipinski definition) is 2. The molecule has 1 aliphatic rings. The molecule has 0 unspecified atom stereocenters. The van der Waals surface area contributed by atoms with Crippen molar-refractivity contribution >= 4 is 0 Å². The summed E-state index contributed by atoms with van der Waals surface area (Å²) in [6, 6.07) is 0.314. The number of hydrogen-bond acceptors (Lipinski definition) is 4. The third-order valence-corrected chi connectivity index (χ3v) is 2.84. The molecule has 2 aromatic rings. The van der Waals surface area contributed by atoms with Crippen LogP contribution in [0.3, 0.4) is 0 Å². The number of aromatic amines is 1. The molecule has 0 bridgehead atoms. The lowest BCUT2D eigenvalue weighted by molar-refractivity contribution is 0.625. The average Bonchev–Trinajstić information content (AvgIpc) is 3.03. The maximum atomic E-state index is 4.43. The zero-order chi connectivity index (χ0) is 10.8. The molecule has 0 aliphatic carbocycles. The highest BCUT2D eigenvalue weighted by atomic mass is 15.0. The molecule has 5 heteroatoms. The third-order valence-electron chi connectivity index (χ3n) is 2.84. The second-order valence-corrected chi connectivity index (χ2v) is 3.88. The van der Waals surface area contributed by atoms with Crippen LogP contribution in [0, 0.1) is 0 Å². The number of aromatic nitrogens is 4. The molecule has 5 nitrogen and oxygen atoms in total. The lowest BCUT2D eigenvalue weighted by atomic mass is 10.1. The molecule has 3 rings (SSSR count). The Hall–Kier alpha value is -1.75. The van der Waals surface area contributed by atoms with Gasteiger partial charge in [-0.3, -0.25) is 4.98 Å². The summed E-state index contributed by atoms with van der Waals surface area (Å²) in [4.78, 5) is 16.1. The summed E-state index contributed by atoms with van der Waals surface area (Å²) < 4.78 is 0. The van der Waals surface area contributed by atoms with Crippen molar-refractivity contribution in [1.29, 1.82) is 0 Å². The second-order valence-electron chi connectivity index (χ2n) is 3.88. The number of H-pyrrole nitrogens is 1. The van der Waals surface area contributed by atoms with E-state index in [1.165, 1.54) is 6.42 Å². The number of imidazole rings is 1. The largest absolute Gasteiger partial charge is 0.343 e. The molecule has 0 spiro atoms. The van der Waals surface area contributed by atoms with E-state index in [9.17, 15) is 0 Å². The van der Waals surface area contributed by atoms with E-state index in [1.807, 2.05) is 0 Å². The Labute approximate surface area is 93.4 Å². The summed E-state index contributed by atoms with van der Waals surface area (Å²) in [5.41, 5.74) is 1.85. The first-order chi connectivity index (χ1) is 7.95. The topological polar surface area (TPSA) is 66.5 Å². The van der Waals surface area contributed by atoms with Gasteiger partial charge >= 0.3 is 0 Å². The van der Waals surface area contributed by atoms with Crippen LogP contribution in [0.25, 0.3) is 11.5 Å². The number of rotatable bonds is 2. The predicted molar refractivity (Wildman–Crippen MR) is 59.6 cm³/mol. The van der Waals surface area contributed by atoms with Crippen LogP contribution in [0.4, 0.5) is 0 Å². The second kappa shape index (κ2) is 4.02. The van der Waals surface area contributed by atoms with Gasteiger partial charge in [0.15, 0.2) is 5.82 Å². The summed E-state index contributed by atoms with van der Waals surface area (Å²) in [6.45, 7) is 1.05. The minimum atomic E-state index is 0.314. The van der Waals surface area contributed by atoms with Crippen molar-refractivity contribution in [3.05, 3.63) is 30.5 Å². The molecule has 1 saturated heterocycles. The van der Waals surface area contributed by atoms with Gasteiger partial charge < -0.3 is 10.3 Å². The first kappa shape index (κ1) is 9.47. The van der Waals surface area contributed by atoms with Crippen molar-refractivity contribution in [3.8, 4) is 11.5 Å². The molecule has 0 amide bonds. The summed E-state index contributed by atoms with van der Waals surface area (Å²) in [6.07, 6.45) is 9.29. The quantitative estimate of drug-likeness (QED) is 0.792. The fourth-order valence-corrected chi connectivity index (χ4v) is 2.10. The van der Waals surface area contributed by atoms with Crippen LogP contribution >= 0.6 is 0 Å². The molecule has 82 valence electrons. The predicted octanol–water partition coefficient (Wildman–Crippen LogP) is 1.29. The summed E-state index contributed by atoms with van der Waals surface area (Å²) in [5, 5.41) is 3.43. The SMILES string of the molecule is c1c[nH]c(-c2nccnc2[C@H]2CCCN2)n1. The van der Waals surface area contributed by atoms with E-state index in [4.69, 9.17) is 0 Å². The van der Waals surface area contributed by atoms with E-state index in [-0.39, 0.29) is 0 Å². The van der Waals surface area contributed by atoms with Crippen molar-refractivity contribution in [2.24, 2.45) is 0 Å². The van der Waals surface area contributed by atoms with Crippen LogP contribution in [0.2, 0.25) is 0 Å². The van der Waals surface area contributed by atoms with Crippen LogP contribution in [-0.4, -0.2) is 26.5 Å². The molecule has 1 fully saturated rings. The van der Waals surface area contributed by atoms with E-state index in [0.29, 0.717) is 6.04 Å². The molecule has 0 aromatic carbocycles. The van der Waals surface area contributed by atoms with Gasteiger partial charge in [-0.05, 0) is 19.4 Å². The maximum absolute atomic E-state index is 4.43. The van der Waals surface area contributed by atoms with Crippen LogP contribution < -0.4 is 5.32 Å². The molecular weight excluding hydrogens is 202 g/mol. The monoisotopic (exact) mass is 215 g/mol. The Kier molecular flexibility index (Phi) is 2.38. The van der Waals surface area contributed by atoms with Crippen molar-refractivity contribution < 1.29 is 0 Å². The van der Waals surface area contributed by atoms with Crippen LogP contribution in [0.1, 0.15) is 24.6 Å². The highest BCUT2D eigenvalue weighted by Gasteiger charge is 2.22. The van der Waals surface area contributed by atoms with Crippen molar-refractivity contribution in [3.63, 3.8) is 0 Å². The van der Waals surface area contributed by atoms with Gasteiger partial charge in [0.2, 0.25) is 0 Å². The van der Waals surface area contributed by atoms with Gasteiger partial charge in [-0.25, -0.2) is 9.97 Å². The van der Waals surface area contributed by atoms with Gasteiger partial charge in [-0.15, -0.1) is 0 Å². The third kappa shape index (κ3) is 1.59. The number of nitrogens with one attached hydrogen (secondary N) is 2. The molecule has 3 heterocycles. The maximum Gasteiger partial charge on any atom is 0.157 e. The lowest BCUT2D eigenvalue weighted by Crippen LogP contribution is -2.16. The van der Waals surface area contributed by atoms with Crippen LogP contribution in [0.15, 0.2) is 24.8 Å². The Balaban J connectivity index is 2.04. The molecule has 2 N–H and O–H groups in total. The Morgan fingerprint density at radius 3 is 2.81 bits per heavy atom. The molecule has 1 atom stereocenters. The first-order valence-corrected chi connectivity index (χ1v) is 5.49. The Morgan fingerprint density at radius 2 is 2.06 bits per heavy atom. The minimum Gasteiger partial charge on any atom is -0.343 e. The van der Waals surface area contributed by atoms with Crippen LogP contribution in [-0.2, 0) is 0 Å². The first-order valence-electron chi connectivity index (χ1n) is 5.49. The van der Waals surface area contributed by atoms with Gasteiger partial charge in [-0.1, -0.05) is 0 Å². The fraction of sp³-hybridized carbons (Fsp3) is 0.364. The van der Waals surface area contributed by atoms with E-state index in [2.05, 4.69) is 25.3 Å². The standard InChI is InChI=1S/C11H13N5/c1-2-8(12-3-1)9-10(14-5-4-13-9)11-15-6-7-16-11/h4-8,12H,1-3H2,(H,15,16)/t8-/m1/s1. The Morgan fingerprint density at radius 1 is 1.12 bits per heavy atom. The van der Waals surface area contributed by atoms with Crippen molar-refractivity contribution in [2.75, 3.05) is 6.54 Å². The highest BCUT2D eigenvalue weighted by molar-refractivity contribution is 5.52. The zero-order valence-corrected chi connectivity index (χ0v) is 8.85. The van der Waals surface area contributed by atoms with Gasteiger partial charge in [0, 0.05) is 24.8 Å². The summed E-state index contributed by atoms with van der Waals surface area (Å²) in [7, 11) is 0. The summed E-state index contributed by atoms with van der Waals surface area (Å²) in [5.74, 6) is 0.789. The smallest absolute Gasteiger partial charge is 0.157 e. The van der Waals surface area contributed by atoms with Crippen molar-refractivity contribution in [2.45, 2.75) is 18.9 Å². The van der Waals surface area contributed by atoms with Gasteiger partial charge in [0.1, 0.15) is 5.69 Å². The van der Waals surface area contributed by atoms with E-state index in [1.54, 1.807) is 24.8 Å². The highest BCUT2D eigenvalue weighted by Crippen LogP contribution is 2.27. The van der Waals surface area contributed by atoms with E-state index < -0.39 is 0 Å². The average molecular weight is 215 g/mol. The summed E-state index contributed by atoms with van der Waals surface area (Å²) >= 11 is 0. The van der Waals surface area contributed by atoms with Crippen LogP contribution in [0.5, 0.6) is 0 Å². The molecule has 16 heavy (non-hydrogen) atoms. The van der Waals surface area contributed by atoms with Gasteiger partial charge in [-0.2, -0.15) is 0 Å². The molecule has 1 aliphatic heterocycles. The zero-order valence-electron chi connectivity index (χ0n) is 8.85. The van der Waals surface area contributed by atoms with Crippen molar-refractivity contribution in [1.82, 2.24) is 25.3 Å². The minimum absolute atomic E-state index is 0.314. The van der Waals surface area contributed by atoms with Gasteiger partial charge in [0.25, 0.3) is 0 Å². The Bertz CT molecular complexity index is 459. The number of nitrogens with zero attached hydrogens (tertiary/aromatic N) is 3. The fourth-order valence-electron chi connectivity index (χ4n) is 2.10. The lowest BCUT2D eigenvalue weighted by Gasteiger charge is -2.11. The molecular formula is C11H13N5. The molecule has 0 saturated carbocycles. The van der Waals surface area contributed by atoms with E-state index >= 15 is 0 Å². The normalized spacial score (nSPS) is 20.1. The molecule has 2 aromatic heterocycles. The molecule has 0 radical (unpaired) electrons.